The van der Waals surface area contributed by atoms with Gasteiger partial charge in [0.2, 0.25) is 0 Å². The zero-order valence-electron chi connectivity index (χ0n) is 21.4. The number of aromatic nitrogens is 1. The van der Waals surface area contributed by atoms with Crippen molar-refractivity contribution < 1.29 is 24.2 Å². The van der Waals surface area contributed by atoms with Crippen LogP contribution in [0.4, 0.5) is 10.6 Å². The number of nitrogen functional groups attached to an aromatic ring is 1. The highest BCUT2D eigenvalue weighted by Crippen LogP contribution is 2.37. The molecule has 0 spiro atoms. The minimum absolute atomic E-state index is 0.0255. The third-order valence-corrected chi connectivity index (χ3v) is 6.20. The second-order valence-corrected chi connectivity index (χ2v) is 10.2. The number of likely N-dealkylation sites (tertiary alicyclic amines) is 1. The Balaban J connectivity index is 1.67. The highest BCUT2D eigenvalue weighted by Gasteiger charge is 2.32. The van der Waals surface area contributed by atoms with Crippen LogP contribution in [0.25, 0.3) is 11.3 Å². The van der Waals surface area contributed by atoms with Crippen LogP contribution in [0.5, 0.6) is 5.75 Å². The maximum Gasteiger partial charge on any atom is 0.410 e. The van der Waals surface area contributed by atoms with Gasteiger partial charge in [-0.3, -0.25) is 0 Å². The van der Waals surface area contributed by atoms with E-state index < -0.39 is 17.7 Å². The van der Waals surface area contributed by atoms with Gasteiger partial charge < -0.3 is 25.2 Å². The number of aromatic carboxylic acids is 1. The molecule has 1 atom stereocenters. The van der Waals surface area contributed by atoms with E-state index in [1.54, 1.807) is 11.0 Å². The predicted octanol–water partition coefficient (Wildman–Crippen LogP) is 5.72. The fourth-order valence-electron chi connectivity index (χ4n) is 4.54. The Morgan fingerprint density at radius 2 is 1.81 bits per heavy atom. The number of carbonyl (C=O) groups excluding carboxylic acids is 1. The molecular formula is C29H33N3O5. The van der Waals surface area contributed by atoms with Crippen molar-refractivity contribution in [2.75, 3.05) is 18.8 Å². The minimum Gasteiger partial charge on any atom is -0.488 e. The Morgan fingerprint density at radius 3 is 2.51 bits per heavy atom. The Kier molecular flexibility index (Phi) is 7.66. The van der Waals surface area contributed by atoms with E-state index in [9.17, 15) is 14.7 Å². The van der Waals surface area contributed by atoms with E-state index in [1.165, 1.54) is 0 Å². The van der Waals surface area contributed by atoms with Gasteiger partial charge in [-0.1, -0.05) is 42.5 Å². The first-order valence-corrected chi connectivity index (χ1v) is 12.4. The second-order valence-electron chi connectivity index (χ2n) is 10.2. The molecule has 1 amide bonds. The van der Waals surface area contributed by atoms with Crippen LogP contribution >= 0.6 is 0 Å². The fourth-order valence-corrected chi connectivity index (χ4v) is 4.54. The molecule has 37 heavy (non-hydrogen) atoms. The lowest BCUT2D eigenvalue weighted by Gasteiger charge is -2.35. The van der Waals surface area contributed by atoms with E-state index in [2.05, 4.69) is 4.98 Å². The first-order chi connectivity index (χ1) is 17.6. The van der Waals surface area contributed by atoms with Crippen LogP contribution in [-0.4, -0.2) is 45.7 Å². The van der Waals surface area contributed by atoms with E-state index in [0.717, 1.165) is 12.0 Å². The molecule has 1 fully saturated rings. The van der Waals surface area contributed by atoms with E-state index in [1.807, 2.05) is 75.4 Å². The van der Waals surface area contributed by atoms with Crippen molar-refractivity contribution >= 4 is 17.9 Å². The molecule has 0 bridgehead atoms. The molecule has 0 aliphatic carbocycles. The first kappa shape index (κ1) is 26.0. The minimum atomic E-state index is -1.14. The SMILES string of the molecule is CC(C)(C)OC(=O)N1CCCC(c2cc(-c3ccccc3OCc3ccccc3)nc(N)c2C(=O)O)C1. The van der Waals surface area contributed by atoms with Gasteiger partial charge in [0, 0.05) is 24.6 Å². The molecule has 1 aromatic heterocycles. The molecule has 3 N–H and O–H groups in total. The van der Waals surface area contributed by atoms with Crippen molar-refractivity contribution in [2.45, 2.75) is 51.7 Å². The van der Waals surface area contributed by atoms with Gasteiger partial charge in [-0.15, -0.1) is 0 Å². The molecule has 1 aliphatic heterocycles. The van der Waals surface area contributed by atoms with Crippen LogP contribution in [-0.2, 0) is 11.3 Å². The molecule has 8 heteroatoms. The summed E-state index contributed by atoms with van der Waals surface area (Å²) in [6, 6.07) is 19.1. The van der Waals surface area contributed by atoms with Gasteiger partial charge in [0.15, 0.2) is 0 Å². The summed E-state index contributed by atoms with van der Waals surface area (Å²) in [4.78, 5) is 31.0. The summed E-state index contributed by atoms with van der Waals surface area (Å²) in [5.74, 6) is -0.818. The quantitative estimate of drug-likeness (QED) is 0.442. The molecule has 8 nitrogen and oxygen atoms in total. The van der Waals surface area contributed by atoms with Crippen molar-refractivity contribution in [3.8, 4) is 17.0 Å². The van der Waals surface area contributed by atoms with E-state index >= 15 is 0 Å². The fraction of sp³-hybridized carbons (Fsp3) is 0.345. The zero-order valence-corrected chi connectivity index (χ0v) is 21.4. The molecule has 1 unspecified atom stereocenters. The number of ether oxygens (including phenoxy) is 2. The third kappa shape index (κ3) is 6.39. The number of rotatable bonds is 6. The lowest BCUT2D eigenvalue weighted by atomic mass is 9.87. The Hall–Kier alpha value is -4.07. The van der Waals surface area contributed by atoms with Crippen LogP contribution in [0.15, 0.2) is 60.7 Å². The number of anilines is 1. The Bertz CT molecular complexity index is 1270. The van der Waals surface area contributed by atoms with E-state index in [4.69, 9.17) is 15.2 Å². The second kappa shape index (κ2) is 10.9. The summed E-state index contributed by atoms with van der Waals surface area (Å²) < 4.78 is 11.7. The monoisotopic (exact) mass is 503 g/mol. The summed E-state index contributed by atoms with van der Waals surface area (Å²) in [5.41, 5.74) is 8.40. The molecule has 1 saturated heterocycles. The molecule has 2 heterocycles. The van der Waals surface area contributed by atoms with E-state index in [-0.39, 0.29) is 17.3 Å². The maximum absolute atomic E-state index is 12.7. The highest BCUT2D eigenvalue weighted by atomic mass is 16.6. The largest absolute Gasteiger partial charge is 0.488 e. The molecule has 0 radical (unpaired) electrons. The van der Waals surface area contributed by atoms with Gasteiger partial charge >= 0.3 is 12.1 Å². The number of amides is 1. The van der Waals surface area contributed by atoms with Crippen molar-refractivity contribution in [3.05, 3.63) is 77.4 Å². The van der Waals surface area contributed by atoms with Gasteiger partial charge in [0.05, 0.1) is 5.69 Å². The lowest BCUT2D eigenvalue weighted by Crippen LogP contribution is -2.42. The van der Waals surface area contributed by atoms with Crippen molar-refractivity contribution in [2.24, 2.45) is 0 Å². The number of benzene rings is 2. The number of hydrogen-bond acceptors (Lipinski definition) is 6. The van der Waals surface area contributed by atoms with Gasteiger partial charge in [0.1, 0.15) is 29.3 Å². The highest BCUT2D eigenvalue weighted by molar-refractivity contribution is 5.95. The first-order valence-electron chi connectivity index (χ1n) is 12.4. The number of hydrogen-bond donors (Lipinski definition) is 2. The maximum atomic E-state index is 12.7. The van der Waals surface area contributed by atoms with Crippen LogP contribution in [0, 0.1) is 0 Å². The standard InChI is InChI=1S/C29H33N3O5/c1-29(2,3)37-28(35)32-15-9-12-20(17-32)22-16-23(31-26(30)25(22)27(33)34)21-13-7-8-14-24(21)36-18-19-10-5-4-6-11-19/h4-8,10-11,13-14,16,20H,9,12,15,17-18H2,1-3H3,(H2,30,31)(H,33,34). The molecule has 194 valence electrons. The molecule has 3 aromatic rings. The Labute approximate surface area is 217 Å². The molecule has 2 aromatic carbocycles. The number of nitrogens with zero attached hydrogens (tertiary/aromatic N) is 2. The van der Waals surface area contributed by atoms with Gasteiger partial charge in [-0.25, -0.2) is 14.6 Å². The molecule has 1 aliphatic rings. The van der Waals surface area contributed by atoms with Crippen molar-refractivity contribution in [1.29, 1.82) is 0 Å². The smallest absolute Gasteiger partial charge is 0.410 e. The van der Waals surface area contributed by atoms with Crippen LogP contribution < -0.4 is 10.5 Å². The summed E-state index contributed by atoms with van der Waals surface area (Å²) in [7, 11) is 0. The lowest BCUT2D eigenvalue weighted by molar-refractivity contribution is 0.0198. The van der Waals surface area contributed by atoms with Gasteiger partial charge in [0.25, 0.3) is 0 Å². The summed E-state index contributed by atoms with van der Waals surface area (Å²) in [6.07, 6.45) is 1.03. The number of para-hydroxylation sites is 1. The average Bonchev–Trinajstić information content (AvgIpc) is 2.86. The number of carbonyl (C=O) groups is 2. The third-order valence-electron chi connectivity index (χ3n) is 6.20. The predicted molar refractivity (Wildman–Crippen MR) is 142 cm³/mol. The van der Waals surface area contributed by atoms with Gasteiger partial charge in [-0.05, 0) is 62.9 Å². The summed E-state index contributed by atoms with van der Waals surface area (Å²) >= 11 is 0. The van der Waals surface area contributed by atoms with E-state index in [0.29, 0.717) is 48.7 Å². The van der Waals surface area contributed by atoms with Crippen molar-refractivity contribution in [3.63, 3.8) is 0 Å². The van der Waals surface area contributed by atoms with Crippen LogP contribution in [0.2, 0.25) is 0 Å². The molecule has 0 saturated carbocycles. The number of piperidine rings is 1. The Morgan fingerprint density at radius 1 is 1.11 bits per heavy atom. The number of carboxylic acids is 1. The topological polar surface area (TPSA) is 115 Å². The molecular weight excluding hydrogens is 470 g/mol. The average molecular weight is 504 g/mol. The normalized spacial score (nSPS) is 15.8. The van der Waals surface area contributed by atoms with Crippen LogP contribution in [0.3, 0.4) is 0 Å². The molecule has 4 rings (SSSR count). The zero-order chi connectivity index (χ0) is 26.6. The number of carboxylic acid groups (broad SMARTS) is 1. The van der Waals surface area contributed by atoms with Gasteiger partial charge in [-0.2, -0.15) is 0 Å². The summed E-state index contributed by atoms with van der Waals surface area (Å²) in [5, 5.41) is 9.98. The van der Waals surface area contributed by atoms with Crippen LogP contribution in [0.1, 0.15) is 61.0 Å². The number of nitrogens with two attached hydrogens (primary N) is 1. The van der Waals surface area contributed by atoms with Crippen molar-refractivity contribution in [1.82, 2.24) is 9.88 Å². The number of pyridine rings is 1. The summed E-state index contributed by atoms with van der Waals surface area (Å²) in [6.45, 7) is 6.73.